The van der Waals surface area contributed by atoms with E-state index in [9.17, 15) is 8.42 Å². The van der Waals surface area contributed by atoms with Crippen molar-refractivity contribution in [3.63, 3.8) is 0 Å². The molecule has 0 bridgehead atoms. The predicted octanol–water partition coefficient (Wildman–Crippen LogP) is 3.14. The predicted molar refractivity (Wildman–Crippen MR) is 117 cm³/mol. The average molecular weight is 487 g/mol. The second-order valence-electron chi connectivity index (χ2n) is 7.64. The molecule has 0 aliphatic heterocycles. The van der Waals surface area contributed by atoms with Crippen molar-refractivity contribution >= 4 is 43.4 Å². The molecule has 9 nitrogen and oxygen atoms in total. The number of nitrogens with zero attached hydrogens (tertiary/aromatic N) is 2. The number of halogens is 1. The van der Waals surface area contributed by atoms with Crippen LogP contribution in [0, 0.1) is 0 Å². The molecule has 0 aliphatic rings. The number of nitrogens with two attached hydrogens (primary N) is 1. The van der Waals surface area contributed by atoms with E-state index in [-0.39, 0.29) is 22.6 Å². The molecular formula is C18H27BrN6O3S. The van der Waals surface area contributed by atoms with Crippen LogP contribution in [0.25, 0.3) is 0 Å². The standard InChI is InChI=1S/C18H27BrN6O3S/c1-11(12(2)25-28-18(3,4)5)22-16-15(19)10-21-17(24-16)23-13-6-8-14(9-7-13)29(20,26)27/h6-12,25H,1-5H3,(H2,20,26,27)(H2,21,22,23,24). The van der Waals surface area contributed by atoms with E-state index in [2.05, 4.69) is 42.0 Å². The Kier molecular flexibility index (Phi) is 7.57. The molecule has 1 aromatic carbocycles. The van der Waals surface area contributed by atoms with E-state index in [1.54, 1.807) is 18.3 Å². The van der Waals surface area contributed by atoms with Gasteiger partial charge in [0.05, 0.1) is 15.0 Å². The van der Waals surface area contributed by atoms with Gasteiger partial charge in [-0.15, -0.1) is 0 Å². The number of hydrogen-bond donors (Lipinski definition) is 4. The number of hydroxylamine groups is 1. The van der Waals surface area contributed by atoms with E-state index in [1.807, 2.05) is 34.6 Å². The monoisotopic (exact) mass is 486 g/mol. The molecular weight excluding hydrogens is 460 g/mol. The number of aromatic nitrogens is 2. The van der Waals surface area contributed by atoms with Crippen LogP contribution in [0.5, 0.6) is 0 Å². The highest BCUT2D eigenvalue weighted by Gasteiger charge is 2.18. The summed E-state index contributed by atoms with van der Waals surface area (Å²) in [4.78, 5) is 14.4. The lowest BCUT2D eigenvalue weighted by atomic mass is 10.2. The van der Waals surface area contributed by atoms with Crippen LogP contribution in [0.1, 0.15) is 34.6 Å². The van der Waals surface area contributed by atoms with E-state index in [0.717, 1.165) is 0 Å². The summed E-state index contributed by atoms with van der Waals surface area (Å²) in [5.41, 5.74) is 3.38. The van der Waals surface area contributed by atoms with Gasteiger partial charge >= 0.3 is 0 Å². The molecule has 0 amide bonds. The van der Waals surface area contributed by atoms with Gasteiger partial charge in [-0.25, -0.2) is 18.5 Å². The molecule has 11 heteroatoms. The maximum Gasteiger partial charge on any atom is 0.238 e. The number of anilines is 3. The van der Waals surface area contributed by atoms with Gasteiger partial charge in [0, 0.05) is 24.0 Å². The third-order valence-electron chi connectivity index (χ3n) is 3.85. The molecule has 29 heavy (non-hydrogen) atoms. The maximum absolute atomic E-state index is 11.3. The summed E-state index contributed by atoms with van der Waals surface area (Å²) in [6.07, 6.45) is 1.63. The first-order chi connectivity index (χ1) is 13.3. The van der Waals surface area contributed by atoms with Crippen LogP contribution in [0.15, 0.2) is 39.8 Å². The fraction of sp³-hybridized carbons (Fsp3) is 0.444. The highest BCUT2D eigenvalue weighted by molar-refractivity contribution is 9.10. The summed E-state index contributed by atoms with van der Waals surface area (Å²) < 4.78 is 23.4. The van der Waals surface area contributed by atoms with Crippen molar-refractivity contribution in [2.75, 3.05) is 10.6 Å². The summed E-state index contributed by atoms with van der Waals surface area (Å²) in [5, 5.41) is 11.5. The molecule has 1 heterocycles. The van der Waals surface area contributed by atoms with Gasteiger partial charge in [-0.3, -0.25) is 4.84 Å². The summed E-state index contributed by atoms with van der Waals surface area (Å²) in [6.45, 7) is 9.93. The van der Waals surface area contributed by atoms with Crippen LogP contribution < -0.4 is 21.3 Å². The number of benzene rings is 1. The molecule has 0 spiro atoms. The fourth-order valence-corrected chi connectivity index (χ4v) is 2.92. The lowest BCUT2D eigenvalue weighted by molar-refractivity contribution is -0.0874. The Balaban J connectivity index is 2.07. The van der Waals surface area contributed by atoms with Gasteiger partial charge in [0.2, 0.25) is 16.0 Å². The summed E-state index contributed by atoms with van der Waals surface area (Å²) in [6, 6.07) is 6.04. The molecule has 160 valence electrons. The van der Waals surface area contributed by atoms with Crippen molar-refractivity contribution in [3.05, 3.63) is 34.9 Å². The van der Waals surface area contributed by atoms with Gasteiger partial charge in [0.15, 0.2) is 0 Å². The topological polar surface area (TPSA) is 131 Å². The summed E-state index contributed by atoms with van der Waals surface area (Å²) >= 11 is 3.45. The summed E-state index contributed by atoms with van der Waals surface area (Å²) in [5.74, 6) is 0.971. The van der Waals surface area contributed by atoms with E-state index in [1.165, 1.54) is 12.1 Å². The first-order valence-electron chi connectivity index (χ1n) is 8.97. The minimum absolute atomic E-state index is 0.00504. The van der Waals surface area contributed by atoms with Crippen LogP contribution in [0.2, 0.25) is 0 Å². The second-order valence-corrected chi connectivity index (χ2v) is 10.1. The van der Waals surface area contributed by atoms with Gasteiger partial charge in [0.25, 0.3) is 0 Å². The minimum atomic E-state index is -3.73. The van der Waals surface area contributed by atoms with Crippen LogP contribution in [-0.4, -0.2) is 36.1 Å². The van der Waals surface area contributed by atoms with Crippen molar-refractivity contribution in [1.29, 1.82) is 0 Å². The number of hydrogen-bond acceptors (Lipinski definition) is 8. The zero-order valence-electron chi connectivity index (χ0n) is 17.0. The zero-order chi connectivity index (χ0) is 21.8. The molecule has 2 atom stereocenters. The van der Waals surface area contributed by atoms with Crippen molar-refractivity contribution in [2.24, 2.45) is 5.14 Å². The number of primary sulfonamides is 1. The molecule has 5 N–H and O–H groups in total. The molecule has 2 rings (SSSR count). The molecule has 2 unspecified atom stereocenters. The Bertz CT molecular complexity index is 932. The lowest BCUT2D eigenvalue weighted by Crippen LogP contribution is -2.43. The van der Waals surface area contributed by atoms with Gasteiger partial charge < -0.3 is 10.6 Å². The normalized spacial score (nSPS) is 14.3. The van der Waals surface area contributed by atoms with Crippen molar-refractivity contribution in [2.45, 2.75) is 57.2 Å². The van der Waals surface area contributed by atoms with Crippen molar-refractivity contribution < 1.29 is 13.3 Å². The van der Waals surface area contributed by atoms with Crippen LogP contribution >= 0.6 is 15.9 Å². The smallest absolute Gasteiger partial charge is 0.238 e. The van der Waals surface area contributed by atoms with Gasteiger partial charge in [0.1, 0.15) is 5.82 Å². The molecule has 0 saturated carbocycles. The van der Waals surface area contributed by atoms with E-state index < -0.39 is 10.0 Å². The molecule has 0 aliphatic carbocycles. The van der Waals surface area contributed by atoms with E-state index in [4.69, 9.17) is 9.98 Å². The Labute approximate surface area is 180 Å². The molecule has 0 fully saturated rings. The van der Waals surface area contributed by atoms with E-state index >= 15 is 0 Å². The summed E-state index contributed by atoms with van der Waals surface area (Å²) in [7, 11) is -3.73. The highest BCUT2D eigenvalue weighted by atomic mass is 79.9. The zero-order valence-corrected chi connectivity index (χ0v) is 19.4. The minimum Gasteiger partial charge on any atom is -0.365 e. The number of rotatable bonds is 8. The molecule has 0 radical (unpaired) electrons. The van der Waals surface area contributed by atoms with Crippen LogP contribution in [-0.2, 0) is 14.9 Å². The van der Waals surface area contributed by atoms with E-state index in [0.29, 0.717) is 21.9 Å². The van der Waals surface area contributed by atoms with Crippen molar-refractivity contribution in [3.8, 4) is 0 Å². The second kappa shape index (κ2) is 9.35. The third kappa shape index (κ3) is 7.52. The average Bonchev–Trinajstić information content (AvgIpc) is 2.61. The largest absolute Gasteiger partial charge is 0.365 e. The number of sulfonamides is 1. The number of nitrogens with one attached hydrogen (secondary N) is 3. The highest BCUT2D eigenvalue weighted by Crippen LogP contribution is 2.23. The van der Waals surface area contributed by atoms with Gasteiger partial charge in [-0.05, 0) is 74.8 Å². The quantitative estimate of drug-likeness (QED) is 0.418. The molecule has 2 aromatic rings. The van der Waals surface area contributed by atoms with Gasteiger partial charge in [-0.1, -0.05) is 0 Å². The third-order valence-corrected chi connectivity index (χ3v) is 5.36. The van der Waals surface area contributed by atoms with Crippen LogP contribution in [0.3, 0.4) is 0 Å². The first-order valence-corrected chi connectivity index (χ1v) is 11.3. The Hall–Kier alpha value is -1.79. The Morgan fingerprint density at radius 2 is 1.76 bits per heavy atom. The SMILES string of the molecule is CC(NOC(C)(C)C)C(C)Nc1nc(Nc2ccc(S(N)(=O)=O)cc2)ncc1Br. The van der Waals surface area contributed by atoms with Crippen LogP contribution in [0.4, 0.5) is 17.5 Å². The first kappa shape index (κ1) is 23.5. The molecule has 1 aromatic heterocycles. The lowest BCUT2D eigenvalue weighted by Gasteiger charge is -2.27. The Morgan fingerprint density at radius 3 is 2.31 bits per heavy atom. The maximum atomic E-state index is 11.3. The Morgan fingerprint density at radius 1 is 1.14 bits per heavy atom. The van der Waals surface area contributed by atoms with Gasteiger partial charge in [-0.2, -0.15) is 10.5 Å². The fourth-order valence-electron chi connectivity index (χ4n) is 2.10. The van der Waals surface area contributed by atoms with Crippen molar-refractivity contribution in [1.82, 2.24) is 15.4 Å². The molecule has 0 saturated heterocycles.